The molecule has 1 aliphatic carbocycles. The maximum Gasteiger partial charge on any atom is 0.221 e. The van der Waals surface area contributed by atoms with Gasteiger partial charge in [0.15, 0.2) is 0 Å². The van der Waals surface area contributed by atoms with Gasteiger partial charge >= 0.3 is 0 Å². The van der Waals surface area contributed by atoms with Crippen LogP contribution in [0.1, 0.15) is 23.6 Å². The highest BCUT2D eigenvalue weighted by Gasteiger charge is 2.39. The summed E-state index contributed by atoms with van der Waals surface area (Å²) in [5.74, 6) is -0.0628. The van der Waals surface area contributed by atoms with Crippen LogP contribution in [0.4, 0.5) is 5.69 Å². The van der Waals surface area contributed by atoms with Crippen LogP contribution < -0.4 is 10.5 Å². The minimum absolute atomic E-state index is 0.0628. The van der Waals surface area contributed by atoms with E-state index in [2.05, 4.69) is 67.8 Å². The third kappa shape index (κ3) is 2.90. The first-order chi connectivity index (χ1) is 13.3. The number of hydrogen-bond donors (Lipinski definition) is 2. The summed E-state index contributed by atoms with van der Waals surface area (Å²) in [7, 11) is -2.03. The topological polar surface area (TPSA) is 53.0 Å². The van der Waals surface area contributed by atoms with Gasteiger partial charge in [-0.3, -0.25) is 4.79 Å². The maximum atomic E-state index is 11.6. The summed E-state index contributed by atoms with van der Waals surface area (Å²) in [6.07, 6.45) is 6.03. The average molecular weight is 385 g/mol. The molecule has 1 heterocycles. The molecule has 4 heteroatoms. The number of benzene rings is 2. The van der Waals surface area contributed by atoms with E-state index in [4.69, 9.17) is 5.41 Å². The van der Waals surface area contributed by atoms with E-state index < -0.39 is 8.07 Å². The van der Waals surface area contributed by atoms with E-state index >= 15 is 0 Å². The molecular formula is C24H24N2OSi. The third-order valence-electron chi connectivity index (χ3n) is 5.66. The van der Waals surface area contributed by atoms with E-state index in [1.54, 1.807) is 0 Å². The summed E-state index contributed by atoms with van der Waals surface area (Å²) in [5.41, 5.74) is 7.54. The van der Waals surface area contributed by atoms with E-state index in [0.717, 1.165) is 5.69 Å². The van der Waals surface area contributed by atoms with Crippen molar-refractivity contribution in [2.45, 2.75) is 26.9 Å². The fraction of sp³-hybridized carbons (Fsp3) is 0.167. The van der Waals surface area contributed by atoms with Gasteiger partial charge < -0.3 is 10.7 Å². The molecule has 1 aliphatic heterocycles. The van der Waals surface area contributed by atoms with Crippen LogP contribution in [0.3, 0.4) is 0 Å². The Morgan fingerprint density at radius 1 is 1.04 bits per heavy atom. The first-order valence-electron chi connectivity index (χ1n) is 9.51. The number of fused-ring (bicyclic) bond motifs is 2. The summed E-state index contributed by atoms with van der Waals surface area (Å²) in [4.78, 5) is 11.6. The van der Waals surface area contributed by atoms with Gasteiger partial charge in [0.25, 0.3) is 0 Å². The number of allylic oxidation sites excluding steroid dienone is 5. The molecule has 4 rings (SSSR count). The molecule has 0 bridgehead atoms. The summed E-state index contributed by atoms with van der Waals surface area (Å²) in [6, 6.07) is 14.7. The number of rotatable bonds is 2. The zero-order chi connectivity index (χ0) is 20.1. The molecule has 0 radical (unpaired) electrons. The molecule has 0 fully saturated rings. The lowest BCUT2D eigenvalue weighted by Gasteiger charge is -2.38. The molecular weight excluding hydrogens is 360 g/mol. The molecule has 2 N–H and O–H groups in total. The smallest absolute Gasteiger partial charge is 0.221 e. The van der Waals surface area contributed by atoms with E-state index in [0.29, 0.717) is 5.71 Å². The Kier molecular flexibility index (Phi) is 4.31. The fourth-order valence-electron chi connectivity index (χ4n) is 4.27. The molecule has 1 amide bonds. The first-order valence-corrected chi connectivity index (χ1v) is 12.5. The van der Waals surface area contributed by atoms with Crippen LogP contribution in [-0.2, 0) is 4.79 Å². The van der Waals surface area contributed by atoms with Crippen molar-refractivity contribution < 1.29 is 4.79 Å². The summed E-state index contributed by atoms with van der Waals surface area (Å²) < 4.78 is 0. The first kappa shape index (κ1) is 18.4. The van der Waals surface area contributed by atoms with Gasteiger partial charge in [-0.2, -0.15) is 0 Å². The molecule has 2 aromatic carbocycles. The van der Waals surface area contributed by atoms with Crippen LogP contribution in [0.15, 0.2) is 71.5 Å². The standard InChI is InChI=1S/C24H24N2OSi/c1-15-7-5-6-8-19(15)24-20-11-9-17(25)13-22(20)28(3,4)23-14-18(26-16(2)27)10-12-21(23)24/h5-14,25H,1-4H3,(H,26,27). The Balaban J connectivity index is 2.06. The van der Waals surface area contributed by atoms with Crippen LogP contribution in [0.2, 0.25) is 13.1 Å². The van der Waals surface area contributed by atoms with E-state index in [1.807, 2.05) is 18.2 Å². The lowest BCUT2D eigenvalue weighted by Crippen LogP contribution is -2.49. The van der Waals surface area contributed by atoms with Crippen molar-refractivity contribution in [1.82, 2.24) is 0 Å². The summed E-state index contributed by atoms with van der Waals surface area (Å²) in [5, 5.41) is 13.7. The monoisotopic (exact) mass is 384 g/mol. The largest absolute Gasteiger partial charge is 0.326 e. The van der Waals surface area contributed by atoms with Gasteiger partial charge in [0.2, 0.25) is 5.91 Å². The average Bonchev–Trinajstić information content (AvgIpc) is 2.64. The van der Waals surface area contributed by atoms with E-state index in [1.165, 1.54) is 45.1 Å². The van der Waals surface area contributed by atoms with E-state index in [9.17, 15) is 4.79 Å². The second-order valence-corrected chi connectivity index (χ2v) is 12.3. The van der Waals surface area contributed by atoms with Gasteiger partial charge in [-0.05, 0) is 69.4 Å². The van der Waals surface area contributed by atoms with Crippen LogP contribution in [0, 0.1) is 12.3 Å². The van der Waals surface area contributed by atoms with Gasteiger partial charge in [-0.1, -0.05) is 49.5 Å². The Bertz CT molecular complexity index is 1120. The van der Waals surface area contributed by atoms with Crippen molar-refractivity contribution in [3.05, 3.63) is 88.2 Å². The highest BCUT2D eigenvalue weighted by atomic mass is 28.3. The Morgan fingerprint density at radius 2 is 1.79 bits per heavy atom. The predicted molar refractivity (Wildman–Crippen MR) is 120 cm³/mol. The lowest BCUT2D eigenvalue weighted by molar-refractivity contribution is -0.114. The molecule has 0 aromatic heterocycles. The molecule has 0 spiro atoms. The van der Waals surface area contributed by atoms with Crippen molar-refractivity contribution in [3.63, 3.8) is 0 Å². The normalized spacial score (nSPS) is 17.0. The third-order valence-corrected chi connectivity index (χ3v) is 9.18. The molecule has 0 saturated heterocycles. The Morgan fingerprint density at radius 3 is 2.50 bits per heavy atom. The summed E-state index contributed by atoms with van der Waals surface area (Å²) >= 11 is 0. The van der Waals surface area contributed by atoms with Crippen LogP contribution >= 0.6 is 0 Å². The molecule has 0 atom stereocenters. The SMILES string of the molecule is CC(=O)Nc1ccc2c(c1)[Si](C)(C)C1=CC(=N)C=CC1=C2c1ccccc1C. The highest BCUT2D eigenvalue weighted by molar-refractivity contribution is 6.98. The number of hydrogen-bond acceptors (Lipinski definition) is 2. The number of nitrogens with one attached hydrogen (secondary N) is 2. The molecule has 2 aliphatic rings. The van der Waals surface area contributed by atoms with Crippen molar-refractivity contribution in [1.29, 1.82) is 5.41 Å². The van der Waals surface area contributed by atoms with Crippen LogP contribution in [-0.4, -0.2) is 19.7 Å². The van der Waals surface area contributed by atoms with Crippen LogP contribution in [0.5, 0.6) is 0 Å². The molecule has 3 nitrogen and oxygen atoms in total. The molecule has 0 saturated carbocycles. The van der Waals surface area contributed by atoms with Gasteiger partial charge in [-0.25, -0.2) is 0 Å². The van der Waals surface area contributed by atoms with Crippen molar-refractivity contribution in [2.24, 2.45) is 0 Å². The number of anilines is 1. The van der Waals surface area contributed by atoms with Gasteiger partial charge in [0, 0.05) is 12.6 Å². The number of aryl methyl sites for hydroxylation is 1. The second kappa shape index (κ2) is 6.57. The second-order valence-electron chi connectivity index (χ2n) is 8.02. The number of carbonyl (C=O) groups excluding carboxylic acids is 1. The fourth-order valence-corrected chi connectivity index (χ4v) is 7.36. The maximum absolute atomic E-state index is 11.6. The Labute approximate surface area is 167 Å². The molecule has 140 valence electrons. The molecule has 0 unspecified atom stereocenters. The number of amides is 1. The predicted octanol–water partition coefficient (Wildman–Crippen LogP) is 4.74. The number of carbonyl (C=O) groups is 1. The lowest BCUT2D eigenvalue weighted by atomic mass is 9.87. The summed E-state index contributed by atoms with van der Waals surface area (Å²) in [6.45, 7) is 8.34. The Hall–Kier alpha value is -2.98. The quantitative estimate of drug-likeness (QED) is 0.722. The zero-order valence-electron chi connectivity index (χ0n) is 16.7. The van der Waals surface area contributed by atoms with E-state index in [-0.39, 0.29) is 5.91 Å². The highest BCUT2D eigenvalue weighted by Crippen LogP contribution is 2.42. The molecule has 2 aromatic rings. The van der Waals surface area contributed by atoms with Crippen molar-refractivity contribution in [2.75, 3.05) is 5.32 Å². The van der Waals surface area contributed by atoms with Gasteiger partial charge in [-0.15, -0.1) is 0 Å². The van der Waals surface area contributed by atoms with Gasteiger partial charge in [0.1, 0.15) is 8.07 Å². The zero-order valence-corrected chi connectivity index (χ0v) is 17.7. The minimum atomic E-state index is -2.03. The van der Waals surface area contributed by atoms with Gasteiger partial charge in [0.05, 0.1) is 5.71 Å². The van der Waals surface area contributed by atoms with Crippen molar-refractivity contribution in [3.8, 4) is 0 Å². The van der Waals surface area contributed by atoms with Crippen LogP contribution in [0.25, 0.3) is 5.57 Å². The minimum Gasteiger partial charge on any atom is -0.326 e. The molecule has 28 heavy (non-hydrogen) atoms. The van der Waals surface area contributed by atoms with Crippen molar-refractivity contribution >= 4 is 36.1 Å².